The van der Waals surface area contributed by atoms with Gasteiger partial charge in [0.25, 0.3) is 0 Å². The zero-order valence-electron chi connectivity index (χ0n) is 19.0. The van der Waals surface area contributed by atoms with E-state index in [-0.39, 0.29) is 29.7 Å². The Morgan fingerprint density at radius 1 is 1.03 bits per heavy atom. The Labute approximate surface area is 197 Å². The Bertz CT molecular complexity index is 1130. The molecule has 3 rings (SSSR count). The van der Waals surface area contributed by atoms with Crippen molar-refractivity contribution in [1.29, 1.82) is 0 Å². The van der Waals surface area contributed by atoms with E-state index in [0.29, 0.717) is 23.9 Å². The molecule has 1 heterocycles. The van der Waals surface area contributed by atoms with Gasteiger partial charge in [0, 0.05) is 25.1 Å². The molecule has 0 fully saturated rings. The van der Waals surface area contributed by atoms with Crippen molar-refractivity contribution in [1.82, 2.24) is 14.8 Å². The van der Waals surface area contributed by atoms with Crippen molar-refractivity contribution in [3.05, 3.63) is 65.2 Å². The van der Waals surface area contributed by atoms with E-state index in [2.05, 4.69) is 27.8 Å². The summed E-state index contributed by atoms with van der Waals surface area (Å²) in [6, 6.07) is 12.0. The molecule has 2 aromatic carbocycles. The van der Waals surface area contributed by atoms with Crippen LogP contribution in [0.3, 0.4) is 0 Å². The normalized spacial score (nSPS) is 10.8. The average molecular weight is 470 g/mol. The van der Waals surface area contributed by atoms with E-state index in [1.54, 1.807) is 12.1 Å². The van der Waals surface area contributed by atoms with E-state index in [1.165, 1.54) is 23.9 Å². The van der Waals surface area contributed by atoms with Crippen LogP contribution in [0.1, 0.15) is 37.2 Å². The van der Waals surface area contributed by atoms with Gasteiger partial charge in [-0.3, -0.25) is 9.59 Å². The molecule has 0 saturated heterocycles. The fraction of sp³-hybridized carbons (Fsp3) is 0.333. The van der Waals surface area contributed by atoms with Crippen LogP contribution >= 0.6 is 11.8 Å². The maximum atomic E-state index is 13.7. The molecule has 0 aliphatic heterocycles. The van der Waals surface area contributed by atoms with Gasteiger partial charge in [0.1, 0.15) is 11.6 Å². The Balaban J connectivity index is 1.56. The molecule has 33 heavy (non-hydrogen) atoms. The Hall–Kier alpha value is -3.20. The van der Waals surface area contributed by atoms with Crippen LogP contribution < -0.4 is 10.6 Å². The first-order valence-electron chi connectivity index (χ1n) is 10.9. The predicted molar refractivity (Wildman–Crippen MR) is 129 cm³/mol. The zero-order chi connectivity index (χ0) is 23.8. The minimum absolute atomic E-state index is 0.111. The molecule has 0 bridgehead atoms. The first-order chi connectivity index (χ1) is 15.9. The lowest BCUT2D eigenvalue weighted by atomic mass is 10.1. The maximum Gasteiger partial charge on any atom is 0.234 e. The second-order valence-corrected chi connectivity index (χ2v) is 8.41. The standard InChI is InChI=1S/C24H28FN5O2S/c1-4-17-10-8-9-16(3)23(17)27-22(32)15-33-24-29-28-20(30(24)5-2)13-14-21(31)26-19-12-7-6-11-18(19)25/h6-12H,4-5,13-15H2,1-3H3,(H,26,31)(H,27,32). The number of anilines is 2. The summed E-state index contributed by atoms with van der Waals surface area (Å²) < 4.78 is 15.6. The minimum atomic E-state index is -0.476. The molecular weight excluding hydrogens is 441 g/mol. The van der Waals surface area contributed by atoms with E-state index < -0.39 is 5.82 Å². The van der Waals surface area contributed by atoms with E-state index in [0.717, 1.165) is 23.2 Å². The van der Waals surface area contributed by atoms with Gasteiger partial charge >= 0.3 is 0 Å². The molecule has 3 aromatic rings. The van der Waals surface area contributed by atoms with E-state index in [1.807, 2.05) is 36.6 Å². The van der Waals surface area contributed by atoms with Gasteiger partial charge in [-0.15, -0.1) is 10.2 Å². The topological polar surface area (TPSA) is 88.9 Å². The van der Waals surface area contributed by atoms with Crippen LogP contribution in [0.4, 0.5) is 15.8 Å². The number of amides is 2. The number of hydrogen-bond acceptors (Lipinski definition) is 5. The lowest BCUT2D eigenvalue weighted by molar-refractivity contribution is -0.116. The van der Waals surface area contributed by atoms with Crippen molar-refractivity contribution in [3.8, 4) is 0 Å². The van der Waals surface area contributed by atoms with Crippen LogP contribution in [-0.4, -0.2) is 32.3 Å². The van der Waals surface area contributed by atoms with Gasteiger partial charge in [0.05, 0.1) is 11.4 Å². The van der Waals surface area contributed by atoms with Gasteiger partial charge in [-0.2, -0.15) is 0 Å². The van der Waals surface area contributed by atoms with Gasteiger partial charge in [0.15, 0.2) is 5.16 Å². The summed E-state index contributed by atoms with van der Waals surface area (Å²) in [7, 11) is 0. The third-order valence-electron chi connectivity index (χ3n) is 5.17. The van der Waals surface area contributed by atoms with Crippen LogP contribution in [0.2, 0.25) is 0 Å². The van der Waals surface area contributed by atoms with Crippen molar-refractivity contribution in [3.63, 3.8) is 0 Å². The number of thioether (sulfide) groups is 1. The summed E-state index contributed by atoms with van der Waals surface area (Å²) in [5.41, 5.74) is 3.15. The van der Waals surface area contributed by atoms with E-state index >= 15 is 0 Å². The monoisotopic (exact) mass is 469 g/mol. The van der Waals surface area contributed by atoms with Crippen molar-refractivity contribution < 1.29 is 14.0 Å². The highest BCUT2D eigenvalue weighted by molar-refractivity contribution is 7.99. The SMILES string of the molecule is CCc1cccc(C)c1NC(=O)CSc1nnc(CCC(=O)Nc2ccccc2F)n1CC. The first kappa shape index (κ1) is 24.4. The maximum absolute atomic E-state index is 13.7. The molecule has 0 atom stereocenters. The zero-order valence-corrected chi connectivity index (χ0v) is 19.8. The number of carbonyl (C=O) groups excluding carboxylic acids is 2. The molecule has 1 aromatic heterocycles. The van der Waals surface area contributed by atoms with E-state index in [4.69, 9.17) is 0 Å². The smallest absolute Gasteiger partial charge is 0.234 e. The fourth-order valence-corrected chi connectivity index (χ4v) is 4.26. The van der Waals surface area contributed by atoms with Crippen molar-refractivity contribution in [2.45, 2.75) is 51.7 Å². The van der Waals surface area contributed by atoms with Crippen LogP contribution in [0.15, 0.2) is 47.6 Å². The van der Waals surface area contributed by atoms with Gasteiger partial charge in [-0.1, -0.05) is 49.0 Å². The molecule has 0 aliphatic carbocycles. The molecule has 2 N–H and O–H groups in total. The third-order valence-corrected chi connectivity index (χ3v) is 6.14. The summed E-state index contributed by atoms with van der Waals surface area (Å²) in [5, 5.41) is 14.6. The molecule has 0 radical (unpaired) electrons. The fourth-order valence-electron chi connectivity index (χ4n) is 3.44. The quantitative estimate of drug-likeness (QED) is 0.423. The van der Waals surface area contributed by atoms with Crippen LogP contribution in [0, 0.1) is 12.7 Å². The lowest BCUT2D eigenvalue weighted by Gasteiger charge is -2.13. The van der Waals surface area contributed by atoms with Crippen LogP contribution in [-0.2, 0) is 29.0 Å². The Morgan fingerprint density at radius 3 is 2.55 bits per heavy atom. The number of aromatic nitrogens is 3. The first-order valence-corrected chi connectivity index (χ1v) is 11.9. The summed E-state index contributed by atoms with van der Waals surface area (Å²) in [4.78, 5) is 24.8. The molecule has 0 spiro atoms. The third kappa shape index (κ3) is 6.41. The van der Waals surface area contributed by atoms with Gasteiger partial charge in [-0.05, 0) is 43.5 Å². The number of nitrogens with one attached hydrogen (secondary N) is 2. The number of carbonyl (C=O) groups is 2. The summed E-state index contributed by atoms with van der Waals surface area (Å²) in [6.07, 6.45) is 1.34. The van der Waals surface area contributed by atoms with Crippen molar-refractivity contribution in [2.75, 3.05) is 16.4 Å². The predicted octanol–water partition coefficient (Wildman–Crippen LogP) is 4.61. The van der Waals surface area contributed by atoms with Gasteiger partial charge < -0.3 is 15.2 Å². The number of aryl methyl sites for hydroxylation is 3. The van der Waals surface area contributed by atoms with Crippen molar-refractivity contribution in [2.24, 2.45) is 0 Å². The average Bonchev–Trinajstić information content (AvgIpc) is 3.21. The second-order valence-electron chi connectivity index (χ2n) is 7.47. The molecule has 0 aliphatic rings. The van der Waals surface area contributed by atoms with Gasteiger partial charge in [-0.25, -0.2) is 4.39 Å². The Kier molecular flexibility index (Phi) is 8.59. The molecule has 0 saturated carbocycles. The largest absolute Gasteiger partial charge is 0.325 e. The van der Waals surface area contributed by atoms with Gasteiger partial charge in [0.2, 0.25) is 11.8 Å². The summed E-state index contributed by atoms with van der Waals surface area (Å²) >= 11 is 1.31. The van der Waals surface area contributed by atoms with Crippen molar-refractivity contribution >= 4 is 35.0 Å². The molecule has 0 unspecified atom stereocenters. The second kappa shape index (κ2) is 11.6. The molecule has 7 nitrogen and oxygen atoms in total. The molecule has 2 amide bonds. The lowest BCUT2D eigenvalue weighted by Crippen LogP contribution is -2.17. The van der Waals surface area contributed by atoms with E-state index in [9.17, 15) is 14.0 Å². The van der Waals surface area contributed by atoms with Crippen LogP contribution in [0.25, 0.3) is 0 Å². The number of rotatable bonds is 10. The molecular formula is C24H28FN5O2S. The number of benzene rings is 2. The summed E-state index contributed by atoms with van der Waals surface area (Å²) in [6.45, 7) is 6.60. The minimum Gasteiger partial charge on any atom is -0.325 e. The highest BCUT2D eigenvalue weighted by atomic mass is 32.2. The number of nitrogens with zero attached hydrogens (tertiary/aromatic N) is 3. The highest BCUT2D eigenvalue weighted by Gasteiger charge is 2.16. The highest BCUT2D eigenvalue weighted by Crippen LogP contribution is 2.23. The number of hydrogen-bond donors (Lipinski definition) is 2. The number of para-hydroxylation sites is 2. The summed E-state index contributed by atoms with van der Waals surface area (Å²) in [5.74, 6) is -0.0408. The molecule has 9 heteroatoms. The van der Waals surface area contributed by atoms with Crippen LogP contribution in [0.5, 0.6) is 0 Å². The molecule has 174 valence electrons. The number of halogens is 1. The Morgan fingerprint density at radius 2 is 1.82 bits per heavy atom.